The second-order valence-corrected chi connectivity index (χ2v) is 3.82. The standard InChI is InChI=1S/C11H16N2O2/c1-7-5-8(2)12-11(15)10(7)6-13(4)9(3)14/h5H,6H2,1-4H3,(H,12,15). The number of pyridine rings is 1. The van der Waals surface area contributed by atoms with Gasteiger partial charge in [0.25, 0.3) is 5.56 Å². The van der Waals surface area contributed by atoms with Crippen molar-refractivity contribution in [1.29, 1.82) is 0 Å². The van der Waals surface area contributed by atoms with E-state index < -0.39 is 0 Å². The quantitative estimate of drug-likeness (QED) is 0.787. The number of amides is 1. The van der Waals surface area contributed by atoms with E-state index in [1.54, 1.807) is 7.05 Å². The largest absolute Gasteiger partial charge is 0.341 e. The minimum absolute atomic E-state index is 0.0469. The van der Waals surface area contributed by atoms with Crippen LogP contribution in [0, 0.1) is 13.8 Å². The summed E-state index contributed by atoms with van der Waals surface area (Å²) < 4.78 is 0. The van der Waals surface area contributed by atoms with Gasteiger partial charge in [-0.25, -0.2) is 0 Å². The molecular weight excluding hydrogens is 192 g/mol. The number of nitrogens with zero attached hydrogens (tertiary/aromatic N) is 1. The highest BCUT2D eigenvalue weighted by Crippen LogP contribution is 2.05. The molecule has 0 atom stereocenters. The molecular formula is C11H16N2O2. The molecule has 0 bridgehead atoms. The molecule has 1 amide bonds. The fraction of sp³-hybridized carbons (Fsp3) is 0.455. The molecule has 1 rings (SSSR count). The van der Waals surface area contributed by atoms with Gasteiger partial charge in [-0.1, -0.05) is 0 Å². The molecule has 1 aromatic heterocycles. The van der Waals surface area contributed by atoms with Crippen LogP contribution in [0.2, 0.25) is 0 Å². The van der Waals surface area contributed by atoms with E-state index in [0.717, 1.165) is 11.3 Å². The van der Waals surface area contributed by atoms with Crippen molar-refractivity contribution >= 4 is 5.91 Å². The monoisotopic (exact) mass is 208 g/mol. The highest BCUT2D eigenvalue weighted by atomic mass is 16.2. The predicted octanol–water partition coefficient (Wildman–Crippen LogP) is 0.970. The van der Waals surface area contributed by atoms with E-state index >= 15 is 0 Å². The molecule has 82 valence electrons. The van der Waals surface area contributed by atoms with E-state index in [-0.39, 0.29) is 11.5 Å². The van der Waals surface area contributed by atoms with Gasteiger partial charge in [0.2, 0.25) is 5.91 Å². The van der Waals surface area contributed by atoms with Crippen LogP contribution in [-0.4, -0.2) is 22.8 Å². The Morgan fingerprint density at radius 1 is 1.47 bits per heavy atom. The Labute approximate surface area is 88.9 Å². The van der Waals surface area contributed by atoms with Gasteiger partial charge in [0, 0.05) is 25.2 Å². The molecule has 0 saturated heterocycles. The molecule has 0 aliphatic heterocycles. The van der Waals surface area contributed by atoms with E-state index in [9.17, 15) is 9.59 Å². The average molecular weight is 208 g/mol. The maximum Gasteiger partial charge on any atom is 0.253 e. The lowest BCUT2D eigenvalue weighted by Gasteiger charge is -2.15. The average Bonchev–Trinajstić information content (AvgIpc) is 2.10. The fourth-order valence-corrected chi connectivity index (χ4v) is 1.43. The van der Waals surface area contributed by atoms with Crippen LogP contribution in [-0.2, 0) is 11.3 Å². The third-order valence-electron chi connectivity index (χ3n) is 2.43. The summed E-state index contributed by atoms with van der Waals surface area (Å²) in [6, 6.07) is 1.91. The number of aromatic nitrogens is 1. The zero-order valence-corrected chi connectivity index (χ0v) is 9.55. The zero-order chi connectivity index (χ0) is 11.6. The summed E-state index contributed by atoms with van der Waals surface area (Å²) in [5.74, 6) is -0.0469. The van der Waals surface area contributed by atoms with E-state index in [2.05, 4.69) is 4.98 Å². The third-order valence-corrected chi connectivity index (χ3v) is 2.43. The first-order valence-electron chi connectivity index (χ1n) is 4.83. The van der Waals surface area contributed by atoms with Crippen LogP contribution in [0.5, 0.6) is 0 Å². The number of carbonyl (C=O) groups excluding carboxylic acids is 1. The summed E-state index contributed by atoms with van der Waals surface area (Å²) in [5, 5.41) is 0. The smallest absolute Gasteiger partial charge is 0.253 e. The van der Waals surface area contributed by atoms with Crippen LogP contribution >= 0.6 is 0 Å². The summed E-state index contributed by atoms with van der Waals surface area (Å²) in [5.41, 5.74) is 2.30. The molecule has 4 heteroatoms. The fourth-order valence-electron chi connectivity index (χ4n) is 1.43. The van der Waals surface area contributed by atoms with Gasteiger partial charge in [0.1, 0.15) is 0 Å². The SMILES string of the molecule is CC(=O)N(C)Cc1c(C)cc(C)[nH]c1=O. The molecule has 1 heterocycles. The number of carbonyl (C=O) groups is 1. The van der Waals surface area contributed by atoms with E-state index in [0.29, 0.717) is 12.1 Å². The zero-order valence-electron chi connectivity index (χ0n) is 9.55. The third kappa shape index (κ3) is 2.68. The van der Waals surface area contributed by atoms with Crippen LogP contribution in [0.1, 0.15) is 23.7 Å². The van der Waals surface area contributed by atoms with Crippen molar-refractivity contribution in [3.8, 4) is 0 Å². The lowest BCUT2D eigenvalue weighted by Crippen LogP contribution is -2.28. The highest BCUT2D eigenvalue weighted by Gasteiger charge is 2.09. The predicted molar refractivity (Wildman–Crippen MR) is 58.7 cm³/mol. The minimum Gasteiger partial charge on any atom is -0.341 e. The van der Waals surface area contributed by atoms with E-state index in [1.807, 2.05) is 19.9 Å². The van der Waals surface area contributed by atoms with Crippen molar-refractivity contribution in [2.24, 2.45) is 0 Å². The van der Waals surface area contributed by atoms with Gasteiger partial charge in [-0.2, -0.15) is 0 Å². The van der Waals surface area contributed by atoms with Crippen LogP contribution in [0.15, 0.2) is 10.9 Å². The number of rotatable bonds is 2. The molecule has 0 saturated carbocycles. The molecule has 1 N–H and O–H groups in total. The van der Waals surface area contributed by atoms with Gasteiger partial charge in [0.15, 0.2) is 0 Å². The van der Waals surface area contributed by atoms with Crippen LogP contribution in [0.25, 0.3) is 0 Å². The normalized spacial score (nSPS) is 10.1. The summed E-state index contributed by atoms with van der Waals surface area (Å²) in [4.78, 5) is 26.9. The maximum atomic E-state index is 11.6. The van der Waals surface area contributed by atoms with Crippen molar-refractivity contribution in [2.75, 3.05) is 7.05 Å². The summed E-state index contributed by atoms with van der Waals surface area (Å²) in [6.07, 6.45) is 0. The minimum atomic E-state index is -0.111. The lowest BCUT2D eigenvalue weighted by atomic mass is 10.1. The van der Waals surface area contributed by atoms with E-state index in [1.165, 1.54) is 11.8 Å². The molecule has 4 nitrogen and oxygen atoms in total. The van der Waals surface area contributed by atoms with Crippen molar-refractivity contribution in [1.82, 2.24) is 9.88 Å². The van der Waals surface area contributed by atoms with Gasteiger partial charge >= 0.3 is 0 Å². The Bertz CT molecular complexity index is 435. The highest BCUT2D eigenvalue weighted by molar-refractivity contribution is 5.72. The van der Waals surface area contributed by atoms with Gasteiger partial charge in [0.05, 0.1) is 6.54 Å². The molecule has 0 unspecified atom stereocenters. The van der Waals surface area contributed by atoms with Crippen molar-refractivity contribution in [3.05, 3.63) is 33.2 Å². The number of aryl methyl sites for hydroxylation is 2. The summed E-state index contributed by atoms with van der Waals surface area (Å²) >= 11 is 0. The molecule has 0 aliphatic carbocycles. The summed E-state index contributed by atoms with van der Waals surface area (Å²) in [6.45, 7) is 5.56. The Hall–Kier alpha value is -1.58. The van der Waals surface area contributed by atoms with Crippen molar-refractivity contribution in [3.63, 3.8) is 0 Å². The number of nitrogens with one attached hydrogen (secondary N) is 1. The Kier molecular flexibility index (Phi) is 3.29. The van der Waals surface area contributed by atoms with Crippen molar-refractivity contribution < 1.29 is 4.79 Å². The molecule has 0 aromatic carbocycles. The maximum absolute atomic E-state index is 11.6. The number of aromatic amines is 1. The van der Waals surface area contributed by atoms with E-state index in [4.69, 9.17) is 0 Å². The Balaban J connectivity index is 3.05. The van der Waals surface area contributed by atoms with Gasteiger partial charge in [-0.3, -0.25) is 9.59 Å². The van der Waals surface area contributed by atoms with Gasteiger partial charge in [-0.15, -0.1) is 0 Å². The molecule has 0 aliphatic rings. The molecule has 15 heavy (non-hydrogen) atoms. The van der Waals surface area contributed by atoms with Gasteiger partial charge in [-0.05, 0) is 25.5 Å². The second kappa shape index (κ2) is 4.29. The van der Waals surface area contributed by atoms with Gasteiger partial charge < -0.3 is 9.88 Å². The Morgan fingerprint density at radius 3 is 2.53 bits per heavy atom. The Morgan fingerprint density at radius 2 is 2.07 bits per heavy atom. The topological polar surface area (TPSA) is 53.2 Å². The van der Waals surface area contributed by atoms with Crippen molar-refractivity contribution in [2.45, 2.75) is 27.3 Å². The molecule has 0 radical (unpaired) electrons. The molecule has 0 spiro atoms. The molecule has 1 aromatic rings. The summed E-state index contributed by atoms with van der Waals surface area (Å²) in [7, 11) is 1.68. The number of H-pyrrole nitrogens is 1. The van der Waals surface area contributed by atoms with Crippen LogP contribution in [0.4, 0.5) is 0 Å². The van der Waals surface area contributed by atoms with Crippen LogP contribution < -0.4 is 5.56 Å². The van der Waals surface area contributed by atoms with Crippen LogP contribution in [0.3, 0.4) is 0 Å². The number of hydrogen-bond donors (Lipinski definition) is 1. The molecule has 0 fully saturated rings. The first-order chi connectivity index (χ1) is 6.91. The lowest BCUT2D eigenvalue weighted by molar-refractivity contribution is -0.128. The second-order valence-electron chi connectivity index (χ2n) is 3.82. The first-order valence-corrected chi connectivity index (χ1v) is 4.83. The first kappa shape index (κ1) is 11.5. The number of hydrogen-bond acceptors (Lipinski definition) is 2.